The molecule has 1 N–H and O–H groups in total. The van der Waals surface area contributed by atoms with E-state index in [2.05, 4.69) is 5.32 Å². The maximum atomic E-state index is 12.0. The van der Waals surface area contributed by atoms with Crippen LogP contribution < -0.4 is 19.5 Å². The van der Waals surface area contributed by atoms with Crippen molar-refractivity contribution in [2.75, 3.05) is 27.4 Å². The summed E-state index contributed by atoms with van der Waals surface area (Å²) in [4.78, 5) is 12.0. The van der Waals surface area contributed by atoms with Gasteiger partial charge >= 0.3 is 0 Å². The predicted octanol–water partition coefficient (Wildman–Crippen LogP) is 2.98. The number of rotatable bonds is 9. The fourth-order valence-electron chi connectivity index (χ4n) is 2.48. The molecule has 0 unspecified atom stereocenters. The van der Waals surface area contributed by atoms with Crippen molar-refractivity contribution in [2.45, 2.75) is 6.42 Å². The van der Waals surface area contributed by atoms with E-state index in [4.69, 9.17) is 19.5 Å². The van der Waals surface area contributed by atoms with E-state index in [0.717, 1.165) is 16.9 Å². The Morgan fingerprint density at radius 2 is 1.89 bits per heavy atom. The second-order valence-corrected chi connectivity index (χ2v) is 5.54. The van der Waals surface area contributed by atoms with Crippen LogP contribution in [-0.4, -0.2) is 33.3 Å². The normalized spacial score (nSPS) is 10.3. The van der Waals surface area contributed by atoms with Crippen LogP contribution in [0.4, 0.5) is 0 Å². The van der Waals surface area contributed by atoms with Crippen LogP contribution in [-0.2, 0) is 11.2 Å². The largest absolute Gasteiger partial charge is 0.496 e. The SMILES string of the molecule is COc1ccccc1CCNC(=O)/C=C/c1ccc(OCC#N)c(OC)c1. The van der Waals surface area contributed by atoms with Gasteiger partial charge < -0.3 is 19.5 Å². The number of hydrogen-bond donors (Lipinski definition) is 1. The molecule has 0 saturated carbocycles. The number of para-hydroxylation sites is 1. The maximum Gasteiger partial charge on any atom is 0.244 e. The summed E-state index contributed by atoms with van der Waals surface area (Å²) in [5.74, 6) is 1.61. The zero-order valence-corrected chi connectivity index (χ0v) is 15.4. The maximum absolute atomic E-state index is 12.0. The number of methoxy groups -OCH3 is 2. The Hall–Kier alpha value is -3.46. The highest BCUT2D eigenvalue weighted by atomic mass is 16.5. The first-order valence-corrected chi connectivity index (χ1v) is 8.43. The molecule has 0 heterocycles. The third-order valence-electron chi connectivity index (χ3n) is 3.79. The van der Waals surface area contributed by atoms with E-state index in [1.54, 1.807) is 31.4 Å². The Morgan fingerprint density at radius 3 is 2.63 bits per heavy atom. The Bertz CT molecular complexity index is 840. The van der Waals surface area contributed by atoms with Gasteiger partial charge in [-0.15, -0.1) is 0 Å². The lowest BCUT2D eigenvalue weighted by molar-refractivity contribution is -0.116. The van der Waals surface area contributed by atoms with Gasteiger partial charge in [0.05, 0.1) is 14.2 Å². The summed E-state index contributed by atoms with van der Waals surface area (Å²) in [5.41, 5.74) is 1.83. The van der Waals surface area contributed by atoms with Crippen LogP contribution in [0.3, 0.4) is 0 Å². The van der Waals surface area contributed by atoms with Crippen molar-refractivity contribution >= 4 is 12.0 Å². The van der Waals surface area contributed by atoms with Gasteiger partial charge in [-0.05, 0) is 41.8 Å². The smallest absolute Gasteiger partial charge is 0.244 e. The molecule has 0 aliphatic rings. The minimum atomic E-state index is -0.186. The zero-order chi connectivity index (χ0) is 19.5. The molecular formula is C21H22N2O4. The standard InChI is InChI=1S/C21H22N2O4/c1-25-18-6-4-3-5-17(18)11-13-23-21(24)10-8-16-7-9-19(27-14-12-22)20(15-16)26-2/h3-10,15H,11,13-14H2,1-2H3,(H,23,24)/b10-8+. The molecule has 2 aromatic carbocycles. The van der Waals surface area contributed by atoms with Crippen LogP contribution in [0.25, 0.3) is 6.08 Å². The Balaban J connectivity index is 1.89. The van der Waals surface area contributed by atoms with E-state index in [0.29, 0.717) is 24.5 Å². The lowest BCUT2D eigenvalue weighted by atomic mass is 10.1. The van der Waals surface area contributed by atoms with Gasteiger partial charge in [0, 0.05) is 12.6 Å². The predicted molar refractivity (Wildman–Crippen MR) is 103 cm³/mol. The van der Waals surface area contributed by atoms with E-state index in [-0.39, 0.29) is 12.5 Å². The molecule has 6 heteroatoms. The highest BCUT2D eigenvalue weighted by Crippen LogP contribution is 2.28. The van der Waals surface area contributed by atoms with Crippen LogP contribution in [0.2, 0.25) is 0 Å². The number of nitrogens with one attached hydrogen (secondary N) is 1. The third-order valence-corrected chi connectivity index (χ3v) is 3.79. The molecule has 1 amide bonds. The van der Waals surface area contributed by atoms with Gasteiger partial charge in [0.2, 0.25) is 5.91 Å². The number of benzene rings is 2. The Kier molecular flexibility index (Phi) is 7.73. The summed E-state index contributed by atoms with van der Waals surface area (Å²) >= 11 is 0. The van der Waals surface area contributed by atoms with E-state index in [1.807, 2.05) is 30.3 Å². The summed E-state index contributed by atoms with van der Waals surface area (Å²) in [5, 5.41) is 11.4. The van der Waals surface area contributed by atoms with Crippen molar-refractivity contribution in [1.82, 2.24) is 5.32 Å². The van der Waals surface area contributed by atoms with Gasteiger partial charge in [-0.1, -0.05) is 24.3 Å². The number of amides is 1. The molecule has 0 fully saturated rings. The molecule has 2 rings (SSSR count). The van der Waals surface area contributed by atoms with Crippen LogP contribution in [0, 0.1) is 11.3 Å². The first kappa shape index (κ1) is 19.9. The van der Waals surface area contributed by atoms with Crippen LogP contribution in [0.15, 0.2) is 48.5 Å². The van der Waals surface area contributed by atoms with Crippen LogP contribution in [0.5, 0.6) is 17.2 Å². The molecular weight excluding hydrogens is 344 g/mol. The first-order valence-electron chi connectivity index (χ1n) is 8.43. The van der Waals surface area contributed by atoms with Crippen LogP contribution >= 0.6 is 0 Å². The third kappa shape index (κ3) is 6.08. The first-order chi connectivity index (χ1) is 13.2. The fourth-order valence-corrected chi connectivity index (χ4v) is 2.48. The molecule has 6 nitrogen and oxygen atoms in total. The highest BCUT2D eigenvalue weighted by Gasteiger charge is 2.05. The summed E-state index contributed by atoms with van der Waals surface area (Å²) < 4.78 is 15.8. The molecule has 140 valence electrons. The van der Waals surface area contributed by atoms with Crippen molar-refractivity contribution in [2.24, 2.45) is 0 Å². The molecule has 0 aromatic heterocycles. The molecule has 0 bridgehead atoms. The molecule has 0 aliphatic carbocycles. The Morgan fingerprint density at radius 1 is 1.11 bits per heavy atom. The van der Waals surface area contributed by atoms with Crippen molar-refractivity contribution in [3.63, 3.8) is 0 Å². The second kappa shape index (κ2) is 10.5. The summed E-state index contributed by atoms with van der Waals surface area (Å²) in [6.07, 6.45) is 3.84. The van der Waals surface area contributed by atoms with E-state index in [1.165, 1.54) is 13.2 Å². The van der Waals surface area contributed by atoms with E-state index < -0.39 is 0 Å². The van der Waals surface area contributed by atoms with Gasteiger partial charge in [0.1, 0.15) is 11.8 Å². The fraction of sp³-hybridized carbons (Fsp3) is 0.238. The molecule has 0 saturated heterocycles. The highest BCUT2D eigenvalue weighted by molar-refractivity contribution is 5.91. The molecule has 0 aliphatic heterocycles. The van der Waals surface area contributed by atoms with Gasteiger partial charge in [-0.2, -0.15) is 5.26 Å². The van der Waals surface area contributed by atoms with Gasteiger partial charge in [0.15, 0.2) is 18.1 Å². The summed E-state index contributed by atoms with van der Waals surface area (Å²) in [7, 11) is 3.15. The average Bonchev–Trinajstić information content (AvgIpc) is 2.71. The van der Waals surface area contributed by atoms with E-state index >= 15 is 0 Å². The molecule has 27 heavy (non-hydrogen) atoms. The van der Waals surface area contributed by atoms with Gasteiger partial charge in [-0.3, -0.25) is 4.79 Å². The zero-order valence-electron chi connectivity index (χ0n) is 15.4. The van der Waals surface area contributed by atoms with Crippen molar-refractivity contribution in [3.8, 4) is 23.3 Å². The monoisotopic (exact) mass is 366 g/mol. The lowest BCUT2D eigenvalue weighted by Gasteiger charge is -2.09. The van der Waals surface area contributed by atoms with Crippen LogP contribution in [0.1, 0.15) is 11.1 Å². The minimum Gasteiger partial charge on any atom is -0.496 e. The van der Waals surface area contributed by atoms with Crippen molar-refractivity contribution < 1.29 is 19.0 Å². The molecule has 0 atom stereocenters. The average molecular weight is 366 g/mol. The Labute approximate surface area is 159 Å². The van der Waals surface area contributed by atoms with Crippen molar-refractivity contribution in [1.29, 1.82) is 5.26 Å². The summed E-state index contributed by atoms with van der Waals surface area (Å²) in [6.45, 7) is 0.452. The quantitative estimate of drug-likeness (QED) is 0.690. The number of nitriles is 1. The van der Waals surface area contributed by atoms with E-state index in [9.17, 15) is 4.79 Å². The topological polar surface area (TPSA) is 80.6 Å². The second-order valence-electron chi connectivity index (χ2n) is 5.54. The number of carbonyl (C=O) groups is 1. The number of carbonyl (C=O) groups excluding carboxylic acids is 1. The lowest BCUT2D eigenvalue weighted by Crippen LogP contribution is -2.23. The summed E-state index contributed by atoms with van der Waals surface area (Å²) in [6, 6.07) is 14.9. The number of ether oxygens (including phenoxy) is 3. The van der Waals surface area contributed by atoms with Gasteiger partial charge in [-0.25, -0.2) is 0 Å². The van der Waals surface area contributed by atoms with Crippen molar-refractivity contribution in [3.05, 3.63) is 59.7 Å². The molecule has 0 spiro atoms. The minimum absolute atomic E-state index is 0.0554. The number of hydrogen-bond acceptors (Lipinski definition) is 5. The molecule has 0 radical (unpaired) electrons. The number of nitrogens with zero attached hydrogens (tertiary/aromatic N) is 1. The van der Waals surface area contributed by atoms with Gasteiger partial charge in [0.25, 0.3) is 0 Å². The molecule has 2 aromatic rings.